The van der Waals surface area contributed by atoms with Crippen LogP contribution in [0.15, 0.2) is 28.9 Å². The van der Waals surface area contributed by atoms with Gasteiger partial charge in [-0.25, -0.2) is 0 Å². The highest BCUT2D eigenvalue weighted by Gasteiger charge is 2.43. The minimum Gasteiger partial charge on any atom is -0.381 e. The summed E-state index contributed by atoms with van der Waals surface area (Å²) in [6.45, 7) is 8.41. The Morgan fingerprint density at radius 3 is 2.30 bits per heavy atom. The van der Waals surface area contributed by atoms with Crippen LogP contribution < -0.4 is 27.4 Å². The molecule has 7 N–H and O–H groups in total. The first-order valence-corrected chi connectivity index (χ1v) is 18.8. The van der Waals surface area contributed by atoms with Crippen molar-refractivity contribution in [2.75, 3.05) is 36.2 Å². The van der Waals surface area contributed by atoms with Crippen molar-refractivity contribution in [1.82, 2.24) is 16.0 Å². The number of hydrogen-bond acceptors (Lipinski definition) is 9. The monoisotopic (exact) mass is 694 g/mol. The Labute approximate surface area is 287 Å². The number of allylic oxidation sites excluding steroid dienone is 3. The lowest BCUT2D eigenvalue weighted by Crippen LogP contribution is -2.64. The van der Waals surface area contributed by atoms with Crippen LogP contribution in [0.3, 0.4) is 0 Å². The van der Waals surface area contributed by atoms with Crippen molar-refractivity contribution in [3.05, 3.63) is 23.9 Å². The first-order chi connectivity index (χ1) is 22.4. The predicted molar refractivity (Wildman–Crippen MR) is 190 cm³/mol. The van der Waals surface area contributed by atoms with E-state index in [1.165, 1.54) is 0 Å². The number of carbonyl (C=O) groups excluding carboxylic acids is 5. The minimum atomic E-state index is -1.21. The molecule has 0 aromatic heterocycles. The standard InChI is InChI=1S/C33H54N6O6S2/c1-5-23(4)29(30(35)42)38-31(43)26(11-10-22(2)3)37-32(44)33(14-16-45-17-15-33)39-28(41)13-19-47-21-25-9-7-6-8-24(36-25)20-46-18-12-27(34)40/h6-7,9,22-23,26,29H,5,8,10-21H2,1-4H3,(H2,34,40)(H2,35,42)(H,37,44)(H,38,43)(H,39,41)/t23-,26-,29-/m0/s1. The lowest BCUT2D eigenvalue weighted by atomic mass is 9.88. The van der Waals surface area contributed by atoms with Crippen molar-refractivity contribution in [3.63, 3.8) is 0 Å². The first-order valence-electron chi connectivity index (χ1n) is 16.5. The summed E-state index contributed by atoms with van der Waals surface area (Å²) in [4.78, 5) is 68.2. The summed E-state index contributed by atoms with van der Waals surface area (Å²) in [6.07, 6.45) is 9.54. The summed E-state index contributed by atoms with van der Waals surface area (Å²) < 4.78 is 5.52. The SMILES string of the molecule is CC[C@H](C)[C@H](NC(=O)[C@H](CCC(C)C)NC(=O)C1(NC(=O)CCSCC2=CC=CCC(CSCCC(N)=O)=N2)CCOCC1)C(N)=O. The van der Waals surface area contributed by atoms with Crippen molar-refractivity contribution in [2.24, 2.45) is 28.3 Å². The lowest BCUT2D eigenvalue weighted by Gasteiger charge is -2.37. The summed E-state index contributed by atoms with van der Waals surface area (Å²) in [5.74, 6) is 0.566. The van der Waals surface area contributed by atoms with Crippen molar-refractivity contribution >= 4 is 58.8 Å². The van der Waals surface area contributed by atoms with Crippen LogP contribution in [0.5, 0.6) is 0 Å². The Bertz CT molecular complexity index is 1170. The number of hydrogen-bond donors (Lipinski definition) is 5. The van der Waals surface area contributed by atoms with Crippen LogP contribution >= 0.6 is 23.5 Å². The zero-order chi connectivity index (χ0) is 34.8. The van der Waals surface area contributed by atoms with Gasteiger partial charge in [0.2, 0.25) is 29.5 Å². The number of nitrogens with one attached hydrogen (secondary N) is 3. The van der Waals surface area contributed by atoms with E-state index in [4.69, 9.17) is 21.2 Å². The van der Waals surface area contributed by atoms with E-state index in [1.54, 1.807) is 23.5 Å². The van der Waals surface area contributed by atoms with Crippen LogP contribution in [0.25, 0.3) is 0 Å². The molecule has 0 spiro atoms. The topological polar surface area (TPSA) is 195 Å². The Morgan fingerprint density at radius 1 is 0.979 bits per heavy atom. The Morgan fingerprint density at radius 2 is 1.66 bits per heavy atom. The molecule has 0 radical (unpaired) electrons. The van der Waals surface area contributed by atoms with Gasteiger partial charge in [-0.15, -0.1) is 0 Å². The highest BCUT2D eigenvalue weighted by molar-refractivity contribution is 8.00. The summed E-state index contributed by atoms with van der Waals surface area (Å²) in [5.41, 5.74) is 11.5. The smallest absolute Gasteiger partial charge is 0.246 e. The average Bonchev–Trinajstić information content (AvgIpc) is 3.26. The molecule has 14 heteroatoms. The first kappa shape index (κ1) is 40.3. The molecule has 0 aromatic carbocycles. The largest absolute Gasteiger partial charge is 0.381 e. The maximum atomic E-state index is 13.8. The van der Waals surface area contributed by atoms with Gasteiger partial charge < -0.3 is 32.2 Å². The molecular weight excluding hydrogens is 641 g/mol. The number of rotatable bonds is 21. The average molecular weight is 695 g/mol. The fraction of sp³-hybridized carbons (Fsp3) is 0.697. The molecule has 0 unspecified atom stereocenters. The zero-order valence-corrected chi connectivity index (χ0v) is 29.9. The normalized spacial score (nSPS) is 17.8. The van der Waals surface area contributed by atoms with E-state index in [1.807, 2.05) is 39.8 Å². The number of thioether (sulfide) groups is 2. The quantitative estimate of drug-likeness (QED) is 0.113. The van der Waals surface area contributed by atoms with Gasteiger partial charge in [0.1, 0.15) is 17.6 Å². The number of primary amides is 2. The molecule has 2 aliphatic heterocycles. The molecule has 0 aromatic rings. The molecule has 0 saturated carbocycles. The number of carbonyl (C=O) groups is 5. The molecule has 1 saturated heterocycles. The van der Waals surface area contributed by atoms with E-state index in [9.17, 15) is 24.0 Å². The maximum Gasteiger partial charge on any atom is 0.246 e. The van der Waals surface area contributed by atoms with Crippen molar-refractivity contribution < 1.29 is 28.7 Å². The fourth-order valence-electron chi connectivity index (χ4n) is 5.05. The van der Waals surface area contributed by atoms with E-state index < -0.39 is 35.3 Å². The van der Waals surface area contributed by atoms with Gasteiger partial charge in [0, 0.05) is 74.0 Å². The van der Waals surface area contributed by atoms with Crippen LogP contribution in [-0.2, 0) is 28.7 Å². The maximum absolute atomic E-state index is 13.8. The molecular formula is C33H54N6O6S2. The fourth-order valence-corrected chi connectivity index (χ4v) is 6.80. The van der Waals surface area contributed by atoms with E-state index >= 15 is 0 Å². The Hall–Kier alpha value is -2.84. The van der Waals surface area contributed by atoms with Crippen LogP contribution in [0, 0.1) is 11.8 Å². The summed E-state index contributed by atoms with van der Waals surface area (Å²) in [7, 11) is 0. The van der Waals surface area contributed by atoms with E-state index in [2.05, 4.69) is 22.0 Å². The van der Waals surface area contributed by atoms with Gasteiger partial charge in [0.15, 0.2) is 0 Å². The second kappa shape index (κ2) is 21.2. The summed E-state index contributed by atoms with van der Waals surface area (Å²) in [5, 5.41) is 8.64. The third-order valence-electron chi connectivity index (χ3n) is 8.20. The van der Waals surface area contributed by atoms with Gasteiger partial charge in [0.05, 0.1) is 5.70 Å². The van der Waals surface area contributed by atoms with Gasteiger partial charge in [-0.3, -0.25) is 29.0 Å². The second-order valence-electron chi connectivity index (χ2n) is 12.6. The molecule has 0 aliphatic carbocycles. The van der Waals surface area contributed by atoms with Crippen LogP contribution in [0.1, 0.15) is 79.1 Å². The third-order valence-corrected chi connectivity index (χ3v) is 10.2. The molecule has 264 valence electrons. The van der Waals surface area contributed by atoms with Crippen molar-refractivity contribution in [3.8, 4) is 0 Å². The van der Waals surface area contributed by atoms with Gasteiger partial charge in [-0.1, -0.05) is 46.3 Å². The second-order valence-corrected chi connectivity index (χ2v) is 14.8. The van der Waals surface area contributed by atoms with Gasteiger partial charge >= 0.3 is 0 Å². The number of aliphatic imine (C=N–C) groups is 1. The van der Waals surface area contributed by atoms with Gasteiger partial charge in [0.25, 0.3) is 0 Å². The van der Waals surface area contributed by atoms with E-state index in [-0.39, 0.29) is 42.9 Å². The number of ether oxygens (including phenoxy) is 1. The number of nitrogens with two attached hydrogens (primary N) is 2. The molecule has 3 atom stereocenters. The minimum absolute atomic E-state index is 0.167. The zero-order valence-electron chi connectivity index (χ0n) is 28.3. The van der Waals surface area contributed by atoms with Crippen molar-refractivity contribution in [1.29, 1.82) is 0 Å². The third kappa shape index (κ3) is 14.9. The number of amides is 5. The Balaban J connectivity index is 2.00. The van der Waals surface area contributed by atoms with Gasteiger partial charge in [-0.05, 0) is 30.8 Å². The summed E-state index contributed by atoms with van der Waals surface area (Å²) in [6, 6.07) is -1.74. The molecule has 1 fully saturated rings. The summed E-state index contributed by atoms with van der Waals surface area (Å²) >= 11 is 3.21. The van der Waals surface area contributed by atoms with E-state index in [0.717, 1.165) is 23.6 Å². The molecule has 2 aliphatic rings. The molecule has 5 amide bonds. The highest BCUT2D eigenvalue weighted by Crippen LogP contribution is 2.23. The van der Waals surface area contributed by atoms with Gasteiger partial charge in [-0.2, -0.15) is 23.5 Å². The van der Waals surface area contributed by atoms with Crippen LogP contribution in [0.2, 0.25) is 0 Å². The molecule has 2 heterocycles. The van der Waals surface area contributed by atoms with Crippen molar-refractivity contribution in [2.45, 2.75) is 96.7 Å². The van der Waals surface area contributed by atoms with Crippen LogP contribution in [0.4, 0.5) is 0 Å². The predicted octanol–water partition coefficient (Wildman–Crippen LogP) is 2.61. The Kier molecular flexibility index (Phi) is 18.2. The highest BCUT2D eigenvalue weighted by atomic mass is 32.2. The van der Waals surface area contributed by atoms with E-state index in [0.29, 0.717) is 56.2 Å². The van der Waals surface area contributed by atoms with Crippen LogP contribution in [-0.4, -0.2) is 89.1 Å². The molecule has 2 rings (SSSR count). The molecule has 12 nitrogen and oxygen atoms in total. The number of nitrogens with zero attached hydrogens (tertiary/aromatic N) is 1. The lowest BCUT2D eigenvalue weighted by molar-refractivity contribution is -0.140. The molecule has 0 bridgehead atoms. The molecule has 47 heavy (non-hydrogen) atoms.